The van der Waals surface area contributed by atoms with Crippen LogP contribution >= 0.6 is 0 Å². The number of hydrogen-bond donors (Lipinski definition) is 1. The van der Waals surface area contributed by atoms with Gasteiger partial charge in [0.1, 0.15) is 5.75 Å². The molecule has 0 fully saturated rings. The van der Waals surface area contributed by atoms with Crippen LogP contribution in [0.2, 0.25) is 0 Å². The summed E-state index contributed by atoms with van der Waals surface area (Å²) in [5.74, 6) is 0.984. The van der Waals surface area contributed by atoms with Crippen molar-refractivity contribution < 1.29 is 4.74 Å². The van der Waals surface area contributed by atoms with E-state index in [4.69, 9.17) is 10.5 Å². The van der Waals surface area contributed by atoms with Gasteiger partial charge >= 0.3 is 0 Å². The molecule has 1 rings (SSSR count). The van der Waals surface area contributed by atoms with Crippen LogP contribution < -0.4 is 10.5 Å². The van der Waals surface area contributed by atoms with Gasteiger partial charge in [-0.1, -0.05) is 6.07 Å². The van der Waals surface area contributed by atoms with Gasteiger partial charge in [0.25, 0.3) is 0 Å². The lowest BCUT2D eigenvalue weighted by molar-refractivity contribution is 0.335. The minimum atomic E-state index is 0.173. The molecular weight excluding hydrogens is 186 g/mol. The van der Waals surface area contributed by atoms with Gasteiger partial charge < -0.3 is 10.5 Å². The summed E-state index contributed by atoms with van der Waals surface area (Å²) in [5, 5.41) is 0. The smallest absolute Gasteiger partial charge is 0.122 e. The van der Waals surface area contributed by atoms with Crippen LogP contribution in [-0.2, 0) is 6.42 Å². The summed E-state index contributed by atoms with van der Waals surface area (Å²) in [5.41, 5.74) is 9.61. The number of benzene rings is 1. The standard InChI is InChI=1S/C13H21NO/c1-5-15-13-7-10(3)9(2)6-12(13)8-11(4)14/h6-7,11H,5,8,14H2,1-4H3. The first-order valence-corrected chi connectivity index (χ1v) is 5.53. The highest BCUT2D eigenvalue weighted by molar-refractivity contribution is 5.42. The van der Waals surface area contributed by atoms with Gasteiger partial charge in [0, 0.05) is 6.04 Å². The summed E-state index contributed by atoms with van der Waals surface area (Å²) in [6, 6.07) is 4.46. The summed E-state index contributed by atoms with van der Waals surface area (Å²) in [6.45, 7) is 8.95. The summed E-state index contributed by atoms with van der Waals surface area (Å²) in [7, 11) is 0. The minimum absolute atomic E-state index is 0.173. The zero-order valence-corrected chi connectivity index (χ0v) is 10.1. The third-order valence-corrected chi connectivity index (χ3v) is 2.52. The molecule has 1 atom stereocenters. The Morgan fingerprint density at radius 1 is 1.27 bits per heavy atom. The molecule has 84 valence electrons. The van der Waals surface area contributed by atoms with Gasteiger partial charge in [-0.05, 0) is 56.9 Å². The molecule has 0 amide bonds. The van der Waals surface area contributed by atoms with Gasteiger partial charge in [-0.2, -0.15) is 0 Å². The largest absolute Gasteiger partial charge is 0.494 e. The first-order chi connectivity index (χ1) is 7.04. The fourth-order valence-corrected chi connectivity index (χ4v) is 1.65. The van der Waals surface area contributed by atoms with E-state index in [1.165, 1.54) is 16.7 Å². The maximum Gasteiger partial charge on any atom is 0.122 e. The highest BCUT2D eigenvalue weighted by atomic mass is 16.5. The maximum atomic E-state index is 5.82. The Balaban J connectivity index is 3.04. The van der Waals surface area contributed by atoms with Crippen molar-refractivity contribution in [1.82, 2.24) is 0 Å². The number of aryl methyl sites for hydroxylation is 2. The van der Waals surface area contributed by atoms with Crippen LogP contribution in [0.1, 0.15) is 30.5 Å². The fourth-order valence-electron chi connectivity index (χ4n) is 1.65. The summed E-state index contributed by atoms with van der Waals surface area (Å²) >= 11 is 0. The van der Waals surface area contributed by atoms with Crippen LogP contribution in [0.4, 0.5) is 0 Å². The molecule has 2 N–H and O–H groups in total. The Bertz CT molecular complexity index is 332. The van der Waals surface area contributed by atoms with Gasteiger partial charge in [-0.15, -0.1) is 0 Å². The van der Waals surface area contributed by atoms with Crippen molar-refractivity contribution in [3.63, 3.8) is 0 Å². The second-order valence-electron chi connectivity index (χ2n) is 4.16. The Morgan fingerprint density at radius 2 is 1.87 bits per heavy atom. The Hall–Kier alpha value is -1.02. The predicted molar refractivity (Wildman–Crippen MR) is 64.4 cm³/mol. The lowest BCUT2D eigenvalue weighted by Gasteiger charge is -2.14. The summed E-state index contributed by atoms with van der Waals surface area (Å²) < 4.78 is 5.62. The SMILES string of the molecule is CCOc1cc(C)c(C)cc1CC(C)N. The van der Waals surface area contributed by atoms with Gasteiger partial charge in [-0.3, -0.25) is 0 Å². The topological polar surface area (TPSA) is 35.2 Å². The molecular formula is C13H21NO. The lowest BCUT2D eigenvalue weighted by atomic mass is 10.0. The third-order valence-electron chi connectivity index (χ3n) is 2.52. The number of rotatable bonds is 4. The molecule has 0 radical (unpaired) electrons. The van der Waals surface area contributed by atoms with E-state index in [9.17, 15) is 0 Å². The fraction of sp³-hybridized carbons (Fsp3) is 0.538. The van der Waals surface area contributed by atoms with Crippen molar-refractivity contribution in [3.05, 3.63) is 28.8 Å². The molecule has 15 heavy (non-hydrogen) atoms. The molecule has 0 aliphatic rings. The maximum absolute atomic E-state index is 5.82. The van der Waals surface area contributed by atoms with E-state index < -0.39 is 0 Å². The number of nitrogens with two attached hydrogens (primary N) is 1. The number of ether oxygens (including phenoxy) is 1. The molecule has 0 spiro atoms. The van der Waals surface area contributed by atoms with Gasteiger partial charge in [0.2, 0.25) is 0 Å². The summed E-state index contributed by atoms with van der Waals surface area (Å²) in [4.78, 5) is 0. The molecule has 0 bridgehead atoms. The second-order valence-corrected chi connectivity index (χ2v) is 4.16. The summed E-state index contributed by atoms with van der Waals surface area (Å²) in [6.07, 6.45) is 0.871. The number of hydrogen-bond acceptors (Lipinski definition) is 2. The molecule has 0 aromatic heterocycles. The Labute approximate surface area is 92.4 Å². The monoisotopic (exact) mass is 207 g/mol. The van der Waals surface area contributed by atoms with E-state index in [1.54, 1.807) is 0 Å². The molecule has 0 aliphatic heterocycles. The van der Waals surface area contributed by atoms with Crippen LogP contribution in [0.15, 0.2) is 12.1 Å². The van der Waals surface area contributed by atoms with E-state index in [0.29, 0.717) is 6.61 Å². The third kappa shape index (κ3) is 3.24. The molecule has 1 aromatic carbocycles. The zero-order valence-electron chi connectivity index (χ0n) is 10.1. The van der Waals surface area contributed by atoms with E-state index in [-0.39, 0.29) is 6.04 Å². The van der Waals surface area contributed by atoms with Crippen molar-refractivity contribution in [2.75, 3.05) is 6.61 Å². The van der Waals surface area contributed by atoms with Crippen molar-refractivity contribution in [1.29, 1.82) is 0 Å². The molecule has 0 aliphatic carbocycles. The average molecular weight is 207 g/mol. The Kier molecular flexibility index (Phi) is 4.15. The van der Waals surface area contributed by atoms with E-state index in [1.807, 2.05) is 13.8 Å². The van der Waals surface area contributed by atoms with Gasteiger partial charge in [-0.25, -0.2) is 0 Å². The van der Waals surface area contributed by atoms with E-state index in [0.717, 1.165) is 12.2 Å². The van der Waals surface area contributed by atoms with Crippen molar-refractivity contribution >= 4 is 0 Å². The first-order valence-electron chi connectivity index (χ1n) is 5.53. The van der Waals surface area contributed by atoms with Crippen molar-refractivity contribution in [2.24, 2.45) is 5.73 Å². The van der Waals surface area contributed by atoms with E-state index >= 15 is 0 Å². The quantitative estimate of drug-likeness (QED) is 0.823. The predicted octanol–water partition coefficient (Wildman–Crippen LogP) is 2.59. The molecule has 0 saturated heterocycles. The van der Waals surface area contributed by atoms with Crippen LogP contribution in [0.5, 0.6) is 5.75 Å². The normalized spacial score (nSPS) is 12.6. The van der Waals surface area contributed by atoms with Crippen molar-refractivity contribution in [2.45, 2.75) is 40.2 Å². The van der Waals surface area contributed by atoms with Gasteiger partial charge in [0.05, 0.1) is 6.61 Å². The molecule has 0 heterocycles. The van der Waals surface area contributed by atoms with Gasteiger partial charge in [0.15, 0.2) is 0 Å². The highest BCUT2D eigenvalue weighted by Crippen LogP contribution is 2.24. The zero-order chi connectivity index (χ0) is 11.4. The molecule has 1 aromatic rings. The first kappa shape index (κ1) is 12.1. The van der Waals surface area contributed by atoms with Crippen LogP contribution in [-0.4, -0.2) is 12.6 Å². The highest BCUT2D eigenvalue weighted by Gasteiger charge is 2.08. The molecule has 1 unspecified atom stereocenters. The second kappa shape index (κ2) is 5.17. The lowest BCUT2D eigenvalue weighted by Crippen LogP contribution is -2.18. The molecule has 2 heteroatoms. The van der Waals surface area contributed by atoms with Crippen LogP contribution in [0, 0.1) is 13.8 Å². The minimum Gasteiger partial charge on any atom is -0.494 e. The Morgan fingerprint density at radius 3 is 2.40 bits per heavy atom. The van der Waals surface area contributed by atoms with Crippen LogP contribution in [0.3, 0.4) is 0 Å². The van der Waals surface area contributed by atoms with E-state index in [2.05, 4.69) is 26.0 Å². The molecule has 0 saturated carbocycles. The van der Waals surface area contributed by atoms with Crippen LogP contribution in [0.25, 0.3) is 0 Å². The van der Waals surface area contributed by atoms with Crippen molar-refractivity contribution in [3.8, 4) is 5.75 Å². The average Bonchev–Trinajstić information content (AvgIpc) is 2.13. The molecule has 2 nitrogen and oxygen atoms in total.